The molecule has 0 saturated heterocycles. The minimum Gasteiger partial charge on any atom is -0.492 e. The summed E-state index contributed by atoms with van der Waals surface area (Å²) in [4.78, 5) is 33.1. The molecule has 0 aliphatic carbocycles. The van der Waals surface area contributed by atoms with Crippen LogP contribution in [0.3, 0.4) is 0 Å². The molecule has 0 N–H and O–H groups in total. The lowest BCUT2D eigenvalue weighted by Crippen LogP contribution is -2.32. The van der Waals surface area contributed by atoms with Crippen LogP contribution in [0, 0.1) is 13.8 Å². The zero-order chi connectivity index (χ0) is 21.1. The molecule has 1 amide bonds. The summed E-state index contributed by atoms with van der Waals surface area (Å²) >= 11 is 8.63. The third kappa shape index (κ3) is 4.94. The summed E-state index contributed by atoms with van der Waals surface area (Å²) in [5.74, 6) is 0.855. The highest BCUT2D eigenvalue weighted by Crippen LogP contribution is 2.28. The Balaban J connectivity index is 1.57. The molecule has 0 fully saturated rings. The maximum atomic E-state index is 12.7. The molecule has 1 aromatic carbocycles. The second-order valence-electron chi connectivity index (χ2n) is 6.63. The number of carbonyl (C=O) groups is 1. The van der Waals surface area contributed by atoms with E-state index >= 15 is 0 Å². The van der Waals surface area contributed by atoms with Gasteiger partial charge in [-0.1, -0.05) is 23.4 Å². The Labute approximate surface area is 182 Å². The van der Waals surface area contributed by atoms with Gasteiger partial charge in [0.05, 0.1) is 17.7 Å². The normalized spacial score (nSPS) is 11.1. The molecule has 0 aliphatic heterocycles. The maximum absolute atomic E-state index is 12.7. The van der Waals surface area contributed by atoms with Gasteiger partial charge in [-0.3, -0.25) is 14.2 Å². The number of thioether (sulfide) groups is 1. The molecule has 2 heterocycles. The van der Waals surface area contributed by atoms with Gasteiger partial charge in [-0.15, -0.1) is 11.3 Å². The van der Waals surface area contributed by atoms with E-state index in [4.69, 9.17) is 16.3 Å². The summed E-state index contributed by atoms with van der Waals surface area (Å²) in [5, 5.41) is 1.86. The van der Waals surface area contributed by atoms with Crippen LogP contribution >= 0.6 is 34.7 Å². The zero-order valence-electron chi connectivity index (χ0n) is 16.7. The number of amides is 1. The van der Waals surface area contributed by atoms with Crippen molar-refractivity contribution < 1.29 is 9.53 Å². The van der Waals surface area contributed by atoms with Crippen molar-refractivity contribution in [3.8, 4) is 5.75 Å². The number of thiophene rings is 1. The van der Waals surface area contributed by atoms with E-state index in [1.165, 1.54) is 27.7 Å². The van der Waals surface area contributed by atoms with Gasteiger partial charge in [0.2, 0.25) is 5.91 Å². The van der Waals surface area contributed by atoms with Crippen LogP contribution in [0.25, 0.3) is 10.2 Å². The fourth-order valence-corrected chi connectivity index (χ4v) is 4.79. The Morgan fingerprint density at radius 2 is 2.00 bits per heavy atom. The molecule has 0 saturated carbocycles. The van der Waals surface area contributed by atoms with Crippen molar-refractivity contribution in [2.24, 2.45) is 7.05 Å². The number of benzene rings is 1. The summed E-state index contributed by atoms with van der Waals surface area (Å²) < 4.78 is 7.14. The second-order valence-corrected chi connectivity index (χ2v) is 9.21. The number of likely N-dealkylation sites (N-methyl/N-ethyl adjacent to an activating group) is 1. The number of aryl methyl sites for hydroxylation is 2. The number of halogens is 1. The van der Waals surface area contributed by atoms with Gasteiger partial charge in [-0.2, -0.15) is 0 Å². The summed E-state index contributed by atoms with van der Waals surface area (Å²) in [6.07, 6.45) is 0. The first kappa shape index (κ1) is 21.7. The lowest BCUT2D eigenvalue weighted by atomic mass is 10.2. The lowest BCUT2D eigenvalue weighted by molar-refractivity contribution is -0.127. The van der Waals surface area contributed by atoms with Crippen molar-refractivity contribution in [3.05, 3.63) is 50.1 Å². The van der Waals surface area contributed by atoms with Crippen LogP contribution in [0.2, 0.25) is 5.02 Å². The largest absolute Gasteiger partial charge is 0.492 e. The van der Waals surface area contributed by atoms with Gasteiger partial charge in [0.15, 0.2) is 5.16 Å². The van der Waals surface area contributed by atoms with Crippen LogP contribution in [-0.4, -0.2) is 46.3 Å². The number of fused-ring (bicyclic) bond motifs is 1. The van der Waals surface area contributed by atoms with Gasteiger partial charge in [0, 0.05) is 24.0 Å². The predicted octanol–water partition coefficient (Wildman–Crippen LogP) is 3.89. The highest BCUT2D eigenvalue weighted by Gasteiger charge is 2.17. The minimum absolute atomic E-state index is 0.0532. The van der Waals surface area contributed by atoms with E-state index in [0.717, 1.165) is 15.3 Å². The Kier molecular flexibility index (Phi) is 6.87. The van der Waals surface area contributed by atoms with Crippen LogP contribution in [0.1, 0.15) is 10.4 Å². The number of aromatic nitrogens is 2. The Morgan fingerprint density at radius 3 is 2.69 bits per heavy atom. The molecule has 3 aromatic rings. The topological polar surface area (TPSA) is 64.4 Å². The molecule has 0 atom stereocenters. The van der Waals surface area contributed by atoms with Crippen molar-refractivity contribution in [3.63, 3.8) is 0 Å². The lowest BCUT2D eigenvalue weighted by Gasteiger charge is -2.17. The van der Waals surface area contributed by atoms with Crippen molar-refractivity contribution >= 4 is 50.8 Å². The molecule has 0 aliphatic rings. The van der Waals surface area contributed by atoms with Crippen LogP contribution < -0.4 is 10.3 Å². The molecule has 0 radical (unpaired) electrons. The Hall–Kier alpha value is -2.03. The van der Waals surface area contributed by atoms with Gasteiger partial charge in [0.1, 0.15) is 17.2 Å². The fraction of sp³-hybridized carbons (Fsp3) is 0.350. The zero-order valence-corrected chi connectivity index (χ0v) is 19.1. The quantitative estimate of drug-likeness (QED) is 0.402. The average molecular weight is 452 g/mol. The number of rotatable bonds is 7. The molecule has 9 heteroatoms. The van der Waals surface area contributed by atoms with Crippen molar-refractivity contribution in [1.82, 2.24) is 14.5 Å². The minimum atomic E-state index is -0.0727. The molecule has 6 nitrogen and oxygen atoms in total. The van der Waals surface area contributed by atoms with Gasteiger partial charge < -0.3 is 9.64 Å². The summed E-state index contributed by atoms with van der Waals surface area (Å²) in [5.41, 5.74) is 0.905. The van der Waals surface area contributed by atoms with Crippen molar-refractivity contribution in [2.75, 3.05) is 26.0 Å². The number of carbonyl (C=O) groups excluding carboxylic acids is 1. The van der Waals surface area contributed by atoms with E-state index in [1.54, 1.807) is 43.3 Å². The molecule has 0 spiro atoms. The van der Waals surface area contributed by atoms with Crippen LogP contribution in [-0.2, 0) is 11.8 Å². The van der Waals surface area contributed by atoms with E-state index in [2.05, 4.69) is 4.98 Å². The van der Waals surface area contributed by atoms with Gasteiger partial charge in [-0.05, 0) is 43.7 Å². The maximum Gasteiger partial charge on any atom is 0.262 e. The average Bonchev–Trinajstić information content (AvgIpc) is 2.98. The van der Waals surface area contributed by atoms with E-state index < -0.39 is 0 Å². The van der Waals surface area contributed by atoms with Crippen LogP contribution in [0.15, 0.2) is 34.2 Å². The van der Waals surface area contributed by atoms with Crippen LogP contribution in [0.5, 0.6) is 5.75 Å². The number of ether oxygens (including phenoxy) is 1. The summed E-state index contributed by atoms with van der Waals surface area (Å²) in [6.45, 7) is 4.76. The Morgan fingerprint density at radius 1 is 1.31 bits per heavy atom. The highest BCUT2D eigenvalue weighted by atomic mass is 35.5. The summed E-state index contributed by atoms with van der Waals surface area (Å²) in [6, 6.07) is 7.09. The first-order valence-electron chi connectivity index (χ1n) is 8.99. The van der Waals surface area contributed by atoms with Gasteiger partial charge >= 0.3 is 0 Å². The molecule has 0 unspecified atom stereocenters. The third-order valence-electron chi connectivity index (χ3n) is 4.63. The standard InChI is InChI=1S/C20H22ClN3O3S2/c1-12-13(2)29-18-17(12)19(26)24(4)20(22-18)28-11-16(25)23(3)9-10-27-15-7-5-14(21)6-8-15/h5-8H,9-11H2,1-4H3. The summed E-state index contributed by atoms with van der Waals surface area (Å²) in [7, 11) is 3.42. The molecule has 29 heavy (non-hydrogen) atoms. The van der Waals surface area contributed by atoms with E-state index in [9.17, 15) is 9.59 Å². The second kappa shape index (κ2) is 9.19. The molecular weight excluding hydrogens is 430 g/mol. The fourth-order valence-electron chi connectivity index (χ4n) is 2.68. The first-order valence-corrected chi connectivity index (χ1v) is 11.2. The molecule has 0 bridgehead atoms. The van der Waals surface area contributed by atoms with E-state index in [-0.39, 0.29) is 17.2 Å². The predicted molar refractivity (Wildman–Crippen MR) is 120 cm³/mol. The van der Waals surface area contributed by atoms with Gasteiger partial charge in [-0.25, -0.2) is 4.98 Å². The third-order valence-corrected chi connectivity index (χ3v) is 7.00. The number of hydrogen-bond acceptors (Lipinski definition) is 6. The number of hydrogen-bond donors (Lipinski definition) is 0. The molecule has 3 rings (SSSR count). The SMILES string of the molecule is Cc1sc2nc(SCC(=O)N(C)CCOc3ccc(Cl)cc3)n(C)c(=O)c2c1C. The smallest absolute Gasteiger partial charge is 0.262 e. The van der Waals surface area contributed by atoms with Gasteiger partial charge in [0.25, 0.3) is 5.56 Å². The first-order chi connectivity index (χ1) is 13.8. The van der Waals surface area contributed by atoms with Crippen molar-refractivity contribution in [1.29, 1.82) is 0 Å². The van der Waals surface area contributed by atoms with E-state index in [0.29, 0.717) is 34.5 Å². The monoisotopic (exact) mass is 451 g/mol. The molecule has 154 valence electrons. The molecular formula is C20H22ClN3O3S2. The highest BCUT2D eigenvalue weighted by molar-refractivity contribution is 7.99. The van der Waals surface area contributed by atoms with Crippen molar-refractivity contribution in [2.45, 2.75) is 19.0 Å². The molecule has 2 aromatic heterocycles. The van der Waals surface area contributed by atoms with Crippen LogP contribution in [0.4, 0.5) is 0 Å². The van der Waals surface area contributed by atoms with E-state index in [1.807, 2.05) is 13.8 Å². The number of nitrogens with zero attached hydrogens (tertiary/aromatic N) is 3. The Bertz CT molecular complexity index is 1090.